The highest BCUT2D eigenvalue weighted by Gasteiger charge is 2.22. The molecule has 2 aromatic carbocycles. The van der Waals surface area contributed by atoms with Crippen LogP contribution in [-0.4, -0.2) is 26.5 Å². The predicted molar refractivity (Wildman–Crippen MR) is 95.1 cm³/mol. The quantitative estimate of drug-likeness (QED) is 0.459. The summed E-state index contributed by atoms with van der Waals surface area (Å²) in [5, 5.41) is 0. The molecule has 0 radical (unpaired) electrons. The summed E-state index contributed by atoms with van der Waals surface area (Å²) in [5.41, 5.74) is 2.73. The number of alkyl halides is 1. The van der Waals surface area contributed by atoms with Crippen LogP contribution in [-0.2, 0) is 14.3 Å². The van der Waals surface area contributed by atoms with Crippen LogP contribution in [0.25, 0.3) is 6.08 Å². The largest absolute Gasteiger partial charge is 0.355 e. The fourth-order valence-electron chi connectivity index (χ4n) is 2.52. The van der Waals surface area contributed by atoms with Gasteiger partial charge in [-0.25, -0.2) is 0 Å². The number of hydrogen-bond acceptors (Lipinski definition) is 4. The zero-order valence-corrected chi connectivity index (χ0v) is 14.8. The Labute approximate surface area is 147 Å². The fraction of sp³-hybridized carbons (Fsp3) is 0.222. The number of rotatable bonds is 5. The van der Waals surface area contributed by atoms with Crippen molar-refractivity contribution in [3.05, 3.63) is 71.4 Å². The lowest BCUT2D eigenvalue weighted by atomic mass is 10.0. The Morgan fingerprint density at radius 2 is 1.83 bits per heavy atom. The molecule has 0 aliphatic carbocycles. The number of aryl methyl sites for hydroxylation is 1. The molecule has 0 amide bonds. The summed E-state index contributed by atoms with van der Waals surface area (Å²) in [7, 11) is -3.75. The Bertz CT molecular complexity index is 847. The van der Waals surface area contributed by atoms with Crippen molar-refractivity contribution < 1.29 is 12.6 Å². The van der Waals surface area contributed by atoms with E-state index in [-0.39, 0.29) is 17.0 Å². The summed E-state index contributed by atoms with van der Waals surface area (Å²) in [4.78, 5) is 2.02. The van der Waals surface area contributed by atoms with Crippen molar-refractivity contribution in [2.24, 2.45) is 0 Å². The van der Waals surface area contributed by atoms with Crippen LogP contribution in [0, 0.1) is 6.92 Å². The van der Waals surface area contributed by atoms with Crippen molar-refractivity contribution in [1.29, 1.82) is 0 Å². The SMILES string of the molecule is Cc1ccc(S(=O)(=O)OCCN2C=Cc3ccccc3C2Cl)cc1. The molecule has 0 bridgehead atoms. The summed E-state index contributed by atoms with van der Waals surface area (Å²) >= 11 is 6.47. The molecule has 1 aliphatic rings. The minimum Gasteiger partial charge on any atom is -0.355 e. The fourth-order valence-corrected chi connectivity index (χ4v) is 3.78. The van der Waals surface area contributed by atoms with Crippen molar-refractivity contribution >= 4 is 27.8 Å². The van der Waals surface area contributed by atoms with Crippen molar-refractivity contribution in [2.45, 2.75) is 17.3 Å². The van der Waals surface area contributed by atoms with E-state index in [1.54, 1.807) is 24.3 Å². The van der Waals surface area contributed by atoms with Gasteiger partial charge in [-0.3, -0.25) is 4.18 Å². The molecule has 6 heteroatoms. The van der Waals surface area contributed by atoms with E-state index >= 15 is 0 Å². The van der Waals surface area contributed by atoms with E-state index in [4.69, 9.17) is 15.8 Å². The standard InChI is InChI=1S/C18H18ClNO3S/c1-14-6-8-16(9-7-14)24(21,22)23-13-12-20-11-10-15-4-2-3-5-17(15)18(20)19/h2-11,18H,12-13H2,1H3. The molecule has 0 fully saturated rings. The van der Waals surface area contributed by atoms with Gasteiger partial charge in [0.05, 0.1) is 11.5 Å². The number of halogens is 1. The molecule has 3 rings (SSSR count). The maximum absolute atomic E-state index is 12.2. The summed E-state index contributed by atoms with van der Waals surface area (Å²) in [5.74, 6) is 0. The van der Waals surface area contributed by atoms with Crippen LogP contribution in [0.1, 0.15) is 22.2 Å². The van der Waals surface area contributed by atoms with Gasteiger partial charge in [0, 0.05) is 12.7 Å². The van der Waals surface area contributed by atoms with Crippen LogP contribution < -0.4 is 0 Å². The molecular formula is C18H18ClNO3S. The summed E-state index contributed by atoms with van der Waals surface area (Å²) in [6.45, 7) is 2.31. The van der Waals surface area contributed by atoms with Crippen LogP contribution in [0.2, 0.25) is 0 Å². The molecule has 0 N–H and O–H groups in total. The molecule has 1 aliphatic heterocycles. The maximum Gasteiger partial charge on any atom is 0.297 e. The smallest absolute Gasteiger partial charge is 0.297 e. The van der Waals surface area contributed by atoms with Gasteiger partial charge in [-0.1, -0.05) is 53.6 Å². The molecule has 0 aromatic heterocycles. The number of fused-ring (bicyclic) bond motifs is 1. The third kappa shape index (κ3) is 3.64. The molecule has 1 unspecified atom stereocenters. The molecule has 2 aromatic rings. The second-order valence-electron chi connectivity index (χ2n) is 5.61. The average Bonchev–Trinajstić information content (AvgIpc) is 2.57. The Hall–Kier alpha value is -1.82. The van der Waals surface area contributed by atoms with E-state index < -0.39 is 10.1 Å². The summed E-state index contributed by atoms with van der Waals surface area (Å²) < 4.78 is 29.5. The first kappa shape index (κ1) is 17.0. The number of benzene rings is 2. The van der Waals surface area contributed by atoms with Gasteiger partial charge in [0.15, 0.2) is 0 Å². The van der Waals surface area contributed by atoms with Crippen LogP contribution in [0.5, 0.6) is 0 Å². The highest BCUT2D eigenvalue weighted by molar-refractivity contribution is 7.86. The molecule has 0 spiro atoms. The highest BCUT2D eigenvalue weighted by Crippen LogP contribution is 2.32. The van der Waals surface area contributed by atoms with Crippen molar-refractivity contribution in [3.63, 3.8) is 0 Å². The van der Waals surface area contributed by atoms with Gasteiger partial charge in [0.2, 0.25) is 0 Å². The van der Waals surface area contributed by atoms with E-state index in [0.29, 0.717) is 6.54 Å². The number of nitrogens with zero attached hydrogens (tertiary/aromatic N) is 1. The summed E-state index contributed by atoms with van der Waals surface area (Å²) in [6.07, 6.45) is 3.82. The molecular weight excluding hydrogens is 346 g/mol. The third-order valence-electron chi connectivity index (χ3n) is 3.89. The first-order chi connectivity index (χ1) is 11.5. The zero-order chi connectivity index (χ0) is 17.2. The van der Waals surface area contributed by atoms with Crippen LogP contribution in [0.4, 0.5) is 0 Å². The van der Waals surface area contributed by atoms with E-state index in [1.165, 1.54) is 0 Å². The monoisotopic (exact) mass is 363 g/mol. The minimum absolute atomic E-state index is 0.0337. The zero-order valence-electron chi connectivity index (χ0n) is 13.2. The van der Waals surface area contributed by atoms with Gasteiger partial charge in [0.1, 0.15) is 5.50 Å². The predicted octanol–water partition coefficient (Wildman–Crippen LogP) is 3.92. The third-order valence-corrected chi connectivity index (χ3v) is 5.70. The second-order valence-corrected chi connectivity index (χ2v) is 7.64. The Balaban J connectivity index is 1.62. The van der Waals surface area contributed by atoms with Gasteiger partial charge in [0.25, 0.3) is 10.1 Å². The Morgan fingerprint density at radius 3 is 2.58 bits per heavy atom. The van der Waals surface area contributed by atoms with Crippen molar-refractivity contribution in [1.82, 2.24) is 4.90 Å². The molecule has 0 saturated heterocycles. The Morgan fingerprint density at radius 1 is 1.12 bits per heavy atom. The van der Waals surface area contributed by atoms with Gasteiger partial charge >= 0.3 is 0 Å². The van der Waals surface area contributed by atoms with E-state index in [0.717, 1.165) is 16.7 Å². The second kappa shape index (κ2) is 6.97. The molecule has 1 atom stereocenters. The van der Waals surface area contributed by atoms with E-state index in [1.807, 2.05) is 48.4 Å². The molecule has 4 nitrogen and oxygen atoms in total. The van der Waals surface area contributed by atoms with Gasteiger partial charge < -0.3 is 4.90 Å². The lowest BCUT2D eigenvalue weighted by molar-refractivity contribution is 0.248. The first-order valence-corrected chi connectivity index (χ1v) is 9.45. The van der Waals surface area contributed by atoms with E-state index in [9.17, 15) is 8.42 Å². The van der Waals surface area contributed by atoms with Gasteiger partial charge in [-0.2, -0.15) is 8.42 Å². The van der Waals surface area contributed by atoms with Crippen molar-refractivity contribution in [3.8, 4) is 0 Å². The van der Waals surface area contributed by atoms with Gasteiger partial charge in [-0.05, 0) is 36.3 Å². The lowest BCUT2D eigenvalue weighted by Gasteiger charge is -2.30. The van der Waals surface area contributed by atoms with E-state index in [2.05, 4.69) is 0 Å². The molecule has 0 saturated carbocycles. The van der Waals surface area contributed by atoms with Crippen LogP contribution >= 0.6 is 11.6 Å². The molecule has 1 heterocycles. The minimum atomic E-state index is -3.75. The lowest BCUT2D eigenvalue weighted by Crippen LogP contribution is -2.27. The first-order valence-electron chi connectivity index (χ1n) is 7.60. The molecule has 24 heavy (non-hydrogen) atoms. The average molecular weight is 364 g/mol. The number of hydrogen-bond donors (Lipinski definition) is 0. The normalized spacial score (nSPS) is 16.9. The maximum atomic E-state index is 12.2. The highest BCUT2D eigenvalue weighted by atomic mass is 35.5. The Kier molecular flexibility index (Phi) is 4.94. The topological polar surface area (TPSA) is 46.6 Å². The summed E-state index contributed by atoms with van der Waals surface area (Å²) in [6, 6.07) is 14.4. The van der Waals surface area contributed by atoms with Crippen LogP contribution in [0.15, 0.2) is 59.6 Å². The van der Waals surface area contributed by atoms with Crippen molar-refractivity contribution in [2.75, 3.05) is 13.2 Å². The van der Waals surface area contributed by atoms with Gasteiger partial charge in [-0.15, -0.1) is 0 Å². The molecule has 126 valence electrons. The van der Waals surface area contributed by atoms with Crippen LogP contribution in [0.3, 0.4) is 0 Å².